The molecule has 0 N–H and O–H groups in total. The van der Waals surface area contributed by atoms with Crippen molar-refractivity contribution in [1.29, 1.82) is 0 Å². The van der Waals surface area contributed by atoms with E-state index in [4.69, 9.17) is 69.6 Å². The monoisotopic (exact) mass is 337 g/mol. The molecular weight excluding hydrogens is 339 g/mol. The van der Waals surface area contributed by atoms with Crippen molar-refractivity contribution < 1.29 is 4.79 Å². The number of hydrogen-bond acceptors (Lipinski definition) is 2. The summed E-state index contributed by atoms with van der Waals surface area (Å²) in [5, 5.41) is -0.0830. The average Bonchev–Trinajstić information content (AvgIpc) is 2.23. The molecule has 8 heteroatoms. The van der Waals surface area contributed by atoms with Crippen molar-refractivity contribution in [2.75, 3.05) is 0 Å². The molecule has 16 heavy (non-hydrogen) atoms. The van der Waals surface area contributed by atoms with Crippen LogP contribution in [0.3, 0.4) is 0 Å². The van der Waals surface area contributed by atoms with Crippen LogP contribution < -0.4 is 0 Å². The van der Waals surface area contributed by atoms with Crippen LogP contribution in [0, 0.1) is 0 Å². The summed E-state index contributed by atoms with van der Waals surface area (Å²) in [4.78, 5) is 12.6. The van der Waals surface area contributed by atoms with Gasteiger partial charge in [0.05, 0.1) is 20.1 Å². The summed E-state index contributed by atoms with van der Waals surface area (Å²) in [7, 11) is 0. The molecule has 0 aromatic heterocycles. The minimum absolute atomic E-state index is 0.0000617. The van der Waals surface area contributed by atoms with E-state index in [1.165, 1.54) is 6.08 Å². The highest BCUT2D eigenvalue weighted by Gasteiger charge is 2.23. The summed E-state index contributed by atoms with van der Waals surface area (Å²) in [6, 6.07) is 0. The number of halogens is 6. The van der Waals surface area contributed by atoms with Gasteiger partial charge in [-0.05, 0) is 0 Å². The van der Waals surface area contributed by atoms with Crippen LogP contribution in [0.25, 0.3) is 0 Å². The molecule has 0 saturated carbocycles. The van der Waals surface area contributed by atoms with Crippen LogP contribution >= 0.6 is 69.6 Å². The standard InChI is InChI=1S/C8HCl6NO/c9-3-2(8(13)14)7(15-1-16)6(12)5(11)4(3)10/h8H. The zero-order valence-corrected chi connectivity index (χ0v) is 11.7. The van der Waals surface area contributed by atoms with E-state index in [2.05, 4.69) is 4.99 Å². The van der Waals surface area contributed by atoms with Gasteiger partial charge in [0.1, 0.15) is 10.5 Å². The number of rotatable bonds is 2. The Kier molecular flexibility index (Phi) is 5.21. The van der Waals surface area contributed by atoms with Crippen LogP contribution in [0.4, 0.5) is 5.69 Å². The molecule has 0 unspecified atom stereocenters. The normalized spacial score (nSPS) is 10.4. The van der Waals surface area contributed by atoms with Gasteiger partial charge in [-0.1, -0.05) is 69.6 Å². The summed E-state index contributed by atoms with van der Waals surface area (Å²) < 4.78 is 0. The first-order chi connectivity index (χ1) is 7.41. The summed E-state index contributed by atoms with van der Waals surface area (Å²) in [5.74, 6) is 0. The van der Waals surface area contributed by atoms with Crippen molar-refractivity contribution in [1.82, 2.24) is 0 Å². The number of aliphatic imine (C=N–C) groups is 1. The molecule has 0 aliphatic carbocycles. The molecule has 0 amide bonds. The smallest absolute Gasteiger partial charge is 0.211 e. The van der Waals surface area contributed by atoms with Gasteiger partial charge < -0.3 is 0 Å². The summed E-state index contributed by atoms with van der Waals surface area (Å²) in [5.41, 5.74) is 0.0822. The first kappa shape index (κ1) is 14.4. The molecule has 0 saturated heterocycles. The second-order valence-corrected chi connectivity index (χ2v) is 5.13. The number of alkyl halides is 2. The zero-order valence-electron chi connectivity index (χ0n) is 7.20. The predicted octanol–water partition coefficient (Wildman–Crippen LogP) is 5.74. The molecule has 0 heterocycles. The van der Waals surface area contributed by atoms with Crippen molar-refractivity contribution in [3.8, 4) is 0 Å². The third-order valence-corrected chi connectivity index (χ3v) is 3.90. The Balaban J connectivity index is 3.75. The van der Waals surface area contributed by atoms with Gasteiger partial charge in [-0.15, -0.1) is 0 Å². The third-order valence-electron chi connectivity index (χ3n) is 1.65. The lowest BCUT2D eigenvalue weighted by molar-refractivity contribution is 0.565. The lowest BCUT2D eigenvalue weighted by atomic mass is 10.2. The maximum Gasteiger partial charge on any atom is 0.240 e. The second kappa shape index (κ2) is 5.79. The Bertz CT molecular complexity index is 480. The van der Waals surface area contributed by atoms with Gasteiger partial charge in [-0.3, -0.25) is 0 Å². The van der Waals surface area contributed by atoms with Crippen molar-refractivity contribution in [3.63, 3.8) is 0 Å². The van der Waals surface area contributed by atoms with Gasteiger partial charge in [0.2, 0.25) is 6.08 Å². The number of carbonyl (C=O) groups excluding carboxylic acids is 1. The van der Waals surface area contributed by atoms with Crippen LogP contribution in [-0.4, -0.2) is 6.08 Å². The molecule has 0 aliphatic heterocycles. The van der Waals surface area contributed by atoms with Crippen molar-refractivity contribution in [2.45, 2.75) is 4.84 Å². The second-order valence-electron chi connectivity index (χ2n) is 2.52. The highest BCUT2D eigenvalue weighted by Crippen LogP contribution is 2.49. The Morgan fingerprint density at radius 2 is 1.44 bits per heavy atom. The van der Waals surface area contributed by atoms with Crippen molar-refractivity contribution >= 4 is 81.4 Å². The van der Waals surface area contributed by atoms with E-state index in [0.29, 0.717) is 0 Å². The maximum absolute atomic E-state index is 10.3. The molecular formula is C8HCl6NO. The molecule has 1 rings (SSSR count). The summed E-state index contributed by atoms with van der Waals surface area (Å²) >= 11 is 34.6. The fraction of sp³-hybridized carbons (Fsp3) is 0.125. The van der Waals surface area contributed by atoms with Gasteiger partial charge in [-0.25, -0.2) is 4.79 Å². The van der Waals surface area contributed by atoms with Crippen LogP contribution in [0.2, 0.25) is 20.1 Å². The van der Waals surface area contributed by atoms with Gasteiger partial charge in [0.25, 0.3) is 0 Å². The minimum Gasteiger partial charge on any atom is -0.211 e. The molecule has 0 bridgehead atoms. The Labute approximate surface area is 121 Å². The molecule has 2 nitrogen and oxygen atoms in total. The first-order valence-electron chi connectivity index (χ1n) is 3.63. The predicted molar refractivity (Wildman–Crippen MR) is 68.7 cm³/mol. The highest BCUT2D eigenvalue weighted by molar-refractivity contribution is 6.54. The topological polar surface area (TPSA) is 29.4 Å². The highest BCUT2D eigenvalue weighted by atomic mass is 35.5. The number of benzene rings is 1. The van der Waals surface area contributed by atoms with Gasteiger partial charge in [-0.2, -0.15) is 4.99 Å². The Hall–Kier alpha value is 0.340. The Morgan fingerprint density at radius 3 is 1.88 bits per heavy atom. The first-order valence-corrected chi connectivity index (χ1v) is 6.02. The Morgan fingerprint density at radius 1 is 0.938 bits per heavy atom. The maximum atomic E-state index is 10.3. The SMILES string of the molecule is O=C=Nc1c(Cl)c(Cl)c(Cl)c(Cl)c1C(Cl)Cl. The van der Waals surface area contributed by atoms with Crippen LogP contribution in [0.15, 0.2) is 4.99 Å². The van der Waals surface area contributed by atoms with Crippen molar-refractivity contribution in [2.24, 2.45) is 4.99 Å². The largest absolute Gasteiger partial charge is 0.240 e. The van der Waals surface area contributed by atoms with Crippen LogP contribution in [0.1, 0.15) is 10.4 Å². The van der Waals surface area contributed by atoms with E-state index in [1.807, 2.05) is 0 Å². The third kappa shape index (κ3) is 2.60. The van der Waals surface area contributed by atoms with Gasteiger partial charge in [0, 0.05) is 5.56 Å². The average molecular weight is 340 g/mol. The molecule has 0 radical (unpaired) electrons. The lowest BCUT2D eigenvalue weighted by Gasteiger charge is -2.12. The number of nitrogens with zero attached hydrogens (tertiary/aromatic N) is 1. The van der Waals surface area contributed by atoms with Crippen LogP contribution in [0.5, 0.6) is 0 Å². The van der Waals surface area contributed by atoms with Gasteiger partial charge in [0.15, 0.2) is 0 Å². The number of hydrogen-bond donors (Lipinski definition) is 0. The van der Waals surface area contributed by atoms with Gasteiger partial charge >= 0.3 is 0 Å². The van der Waals surface area contributed by atoms with E-state index < -0.39 is 4.84 Å². The fourth-order valence-electron chi connectivity index (χ4n) is 0.991. The van der Waals surface area contributed by atoms with E-state index in [0.717, 1.165) is 0 Å². The van der Waals surface area contributed by atoms with Crippen LogP contribution in [-0.2, 0) is 4.79 Å². The minimum atomic E-state index is -1.05. The number of isocyanates is 1. The summed E-state index contributed by atoms with van der Waals surface area (Å²) in [6.07, 6.45) is 1.31. The van der Waals surface area contributed by atoms with E-state index in [-0.39, 0.29) is 31.3 Å². The van der Waals surface area contributed by atoms with E-state index in [9.17, 15) is 4.79 Å². The molecule has 1 aromatic rings. The molecule has 0 atom stereocenters. The lowest BCUT2D eigenvalue weighted by Crippen LogP contribution is -1.89. The van der Waals surface area contributed by atoms with E-state index in [1.54, 1.807) is 0 Å². The zero-order chi connectivity index (χ0) is 12.5. The molecule has 0 spiro atoms. The molecule has 0 aliphatic rings. The summed E-state index contributed by atoms with van der Waals surface area (Å²) in [6.45, 7) is 0. The quantitative estimate of drug-likeness (QED) is 0.222. The molecule has 1 aromatic carbocycles. The fourth-order valence-corrected chi connectivity index (χ4v) is 2.54. The molecule has 0 fully saturated rings. The van der Waals surface area contributed by atoms with Crippen molar-refractivity contribution in [3.05, 3.63) is 25.7 Å². The molecule has 86 valence electrons. The van der Waals surface area contributed by atoms with E-state index >= 15 is 0 Å².